The first kappa shape index (κ1) is 37.5. The quantitative estimate of drug-likeness (QED) is 0.385. The smallest absolute Gasteiger partial charge is 0.407 e. The van der Waals surface area contributed by atoms with Crippen molar-refractivity contribution in [3.63, 3.8) is 0 Å². The number of hydrogen-bond acceptors (Lipinski definition) is 10. The third-order valence-electron chi connectivity index (χ3n) is 12.1. The zero-order chi connectivity index (χ0) is 38.6. The van der Waals surface area contributed by atoms with Crippen LogP contribution in [-0.4, -0.2) is 89.7 Å². The molecular weight excluding hydrogens is 739 g/mol. The van der Waals surface area contributed by atoms with E-state index in [-0.39, 0.29) is 49.5 Å². The minimum Gasteiger partial charge on any atom is -0.470 e. The van der Waals surface area contributed by atoms with Crippen LogP contribution in [0.2, 0.25) is 0 Å². The lowest BCUT2D eigenvalue weighted by atomic mass is 10.0. The van der Waals surface area contributed by atoms with Crippen LogP contribution in [0.5, 0.6) is 5.88 Å². The molecule has 6 aliphatic rings. The third kappa shape index (κ3) is 7.85. The topological polar surface area (TPSA) is 186 Å². The maximum absolute atomic E-state index is 16.2. The van der Waals surface area contributed by atoms with Crippen molar-refractivity contribution in [1.82, 2.24) is 30.2 Å². The molecule has 5 fully saturated rings. The molecule has 3 saturated carbocycles. The summed E-state index contributed by atoms with van der Waals surface area (Å²) in [6, 6.07) is 5.48. The van der Waals surface area contributed by atoms with Crippen molar-refractivity contribution >= 4 is 44.9 Å². The number of para-hydroxylation sites is 2. The summed E-state index contributed by atoms with van der Waals surface area (Å²) in [5.74, 6) is -7.72. The molecule has 14 nitrogen and oxygen atoms in total. The number of alkyl carbamates (subject to hydrolysis) is 1. The van der Waals surface area contributed by atoms with Crippen molar-refractivity contribution < 1.29 is 45.9 Å². The molecule has 0 radical (unpaired) electrons. The van der Waals surface area contributed by atoms with E-state index in [4.69, 9.17) is 9.47 Å². The first-order valence-electron chi connectivity index (χ1n) is 19.4. The summed E-state index contributed by atoms with van der Waals surface area (Å²) in [4.78, 5) is 65.6. The van der Waals surface area contributed by atoms with Crippen LogP contribution in [0.25, 0.3) is 11.0 Å². The lowest BCUT2D eigenvalue weighted by Gasteiger charge is -2.25. The van der Waals surface area contributed by atoms with Gasteiger partial charge in [-0.2, -0.15) is 8.78 Å². The van der Waals surface area contributed by atoms with Gasteiger partial charge in [-0.1, -0.05) is 50.3 Å². The fourth-order valence-electron chi connectivity index (χ4n) is 8.18. The molecule has 4 bridgehead atoms. The van der Waals surface area contributed by atoms with Gasteiger partial charge in [0.2, 0.25) is 27.7 Å². The Hall–Kier alpha value is -4.41. The van der Waals surface area contributed by atoms with Crippen molar-refractivity contribution in [2.24, 2.45) is 17.3 Å². The first-order valence-corrected chi connectivity index (χ1v) is 20.9. The van der Waals surface area contributed by atoms with Gasteiger partial charge in [-0.15, -0.1) is 0 Å². The van der Waals surface area contributed by atoms with Crippen LogP contribution in [0.15, 0.2) is 36.4 Å². The van der Waals surface area contributed by atoms with Crippen LogP contribution in [0.1, 0.15) is 89.2 Å². The summed E-state index contributed by atoms with van der Waals surface area (Å²) < 4.78 is 72.2. The lowest BCUT2D eigenvalue weighted by Crippen LogP contribution is -2.55. The standard InChI is InChI=1S/C38H46F2N6O8S/c39-38(40)16-8-15-36(17-18-36)22-53-35(50)43-28-12-5-3-1-2-4-9-23-19-37(23,34(49)45-55(51,52)24-13-14-24)44-31(47)25-20-46(33(28)48)21-29(25)54-32-30(38)41-26-10-6-7-11-27(26)42-32/h6-8,10-11,16,23-25,28-29H,1-5,9,12-15,17-22H2,(H,43,50)(H,44,47)(H,45,49)/b16-8+/t23-,25?,28+,29+,37+/m1/s1. The normalized spacial score (nSPS) is 31.6. The number of nitrogens with one attached hydrogen (secondary N) is 3. The molecule has 1 aromatic carbocycles. The number of fused-ring (bicyclic) bond motifs is 7. The molecule has 1 unspecified atom stereocenters. The van der Waals surface area contributed by atoms with Gasteiger partial charge in [0, 0.05) is 12.0 Å². The average molecular weight is 785 g/mol. The minimum absolute atomic E-state index is 0.00783. The number of ether oxygens (including phenoxy) is 2. The van der Waals surface area contributed by atoms with E-state index in [1.807, 2.05) is 0 Å². The van der Waals surface area contributed by atoms with Gasteiger partial charge in [-0.25, -0.2) is 23.2 Å². The zero-order valence-corrected chi connectivity index (χ0v) is 31.3. The maximum atomic E-state index is 16.2. The largest absolute Gasteiger partial charge is 0.470 e. The van der Waals surface area contributed by atoms with E-state index in [0.717, 1.165) is 31.8 Å². The number of halogens is 2. The van der Waals surface area contributed by atoms with E-state index in [0.29, 0.717) is 44.9 Å². The Morgan fingerprint density at radius 3 is 2.38 bits per heavy atom. The second-order valence-corrected chi connectivity index (χ2v) is 18.2. The predicted octanol–water partition coefficient (Wildman–Crippen LogP) is 3.99. The summed E-state index contributed by atoms with van der Waals surface area (Å²) in [5, 5.41) is 4.92. The highest BCUT2D eigenvalue weighted by Gasteiger charge is 2.62. The van der Waals surface area contributed by atoms with Crippen LogP contribution < -0.4 is 20.1 Å². The van der Waals surface area contributed by atoms with Crippen LogP contribution in [-0.2, 0) is 35.1 Å². The van der Waals surface area contributed by atoms with Crippen molar-refractivity contribution in [2.75, 3.05) is 19.7 Å². The monoisotopic (exact) mass is 784 g/mol. The van der Waals surface area contributed by atoms with Gasteiger partial charge in [0.05, 0.1) is 35.4 Å². The van der Waals surface area contributed by atoms with E-state index < -0.39 is 85.6 Å². The van der Waals surface area contributed by atoms with E-state index in [1.165, 1.54) is 11.0 Å². The number of amides is 4. The van der Waals surface area contributed by atoms with Gasteiger partial charge in [-0.05, 0) is 75.5 Å². The molecule has 2 saturated heterocycles. The highest BCUT2D eigenvalue weighted by molar-refractivity contribution is 7.91. The number of alkyl halides is 2. The van der Waals surface area contributed by atoms with Crippen LogP contribution in [0.3, 0.4) is 0 Å². The molecule has 1 spiro atoms. The van der Waals surface area contributed by atoms with Crippen molar-refractivity contribution in [1.29, 1.82) is 0 Å². The molecule has 8 rings (SSSR count). The molecule has 5 atom stereocenters. The van der Waals surface area contributed by atoms with Crippen LogP contribution >= 0.6 is 0 Å². The van der Waals surface area contributed by atoms with Crippen LogP contribution in [0, 0.1) is 17.3 Å². The first-order chi connectivity index (χ1) is 26.3. The number of sulfonamides is 1. The number of cyclic esters (lactones) is 1. The van der Waals surface area contributed by atoms with Crippen molar-refractivity contribution in [3.05, 3.63) is 42.1 Å². The zero-order valence-electron chi connectivity index (χ0n) is 30.4. The molecule has 1 aromatic heterocycles. The highest BCUT2D eigenvalue weighted by atomic mass is 32.2. The molecule has 3 N–H and O–H groups in total. The molecule has 3 aliphatic carbocycles. The molecular formula is C38H46F2N6O8S. The number of allylic oxidation sites excluding steroid dienone is 2. The number of hydrogen-bond donors (Lipinski definition) is 3. The SMILES string of the molecule is O=C1N[C@H]2CCCCCCC[C@@H]3C[C@]3(C(=O)NS(=O)(=O)C3CC3)NC(=O)C3CN(C[C@@H]3Oc3nc4ccccc4nc3C(F)(F)/C=C/CC3(CC3)CO1)C2=O. The average Bonchev–Trinajstić information content (AvgIpc) is 4.07. The van der Waals surface area contributed by atoms with E-state index in [9.17, 15) is 27.6 Å². The van der Waals surface area contributed by atoms with Gasteiger partial charge in [0.1, 0.15) is 17.7 Å². The van der Waals surface area contributed by atoms with E-state index in [1.54, 1.807) is 24.3 Å². The molecule has 17 heteroatoms. The number of aromatic nitrogens is 2. The molecule has 4 heterocycles. The summed E-state index contributed by atoms with van der Waals surface area (Å²) in [7, 11) is -3.93. The molecule has 55 heavy (non-hydrogen) atoms. The Labute approximate surface area is 317 Å². The van der Waals surface area contributed by atoms with Crippen molar-refractivity contribution in [3.8, 4) is 5.88 Å². The number of carbonyl (C=O) groups is 4. The predicted molar refractivity (Wildman–Crippen MR) is 193 cm³/mol. The van der Waals surface area contributed by atoms with Gasteiger partial charge in [0.15, 0.2) is 5.69 Å². The summed E-state index contributed by atoms with van der Waals surface area (Å²) in [6.07, 6.45) is 7.39. The van der Waals surface area contributed by atoms with Gasteiger partial charge in [-0.3, -0.25) is 19.1 Å². The summed E-state index contributed by atoms with van der Waals surface area (Å²) >= 11 is 0. The van der Waals surface area contributed by atoms with Gasteiger partial charge < -0.3 is 25.0 Å². The number of benzene rings is 1. The number of rotatable bonds is 3. The summed E-state index contributed by atoms with van der Waals surface area (Å²) in [6.45, 7) is -0.478. The second kappa shape index (κ2) is 14.3. The molecule has 4 amide bonds. The van der Waals surface area contributed by atoms with E-state index in [2.05, 4.69) is 25.3 Å². The fraction of sp³-hybridized carbons (Fsp3) is 0.632. The molecule has 296 valence electrons. The van der Waals surface area contributed by atoms with Gasteiger partial charge >= 0.3 is 12.0 Å². The van der Waals surface area contributed by atoms with Crippen LogP contribution in [0.4, 0.5) is 13.6 Å². The van der Waals surface area contributed by atoms with Gasteiger partial charge in [0.25, 0.3) is 5.91 Å². The highest BCUT2D eigenvalue weighted by Crippen LogP contribution is 2.50. The Morgan fingerprint density at radius 1 is 0.945 bits per heavy atom. The lowest BCUT2D eigenvalue weighted by molar-refractivity contribution is -0.134. The fourth-order valence-corrected chi connectivity index (χ4v) is 9.55. The molecule has 2 aromatic rings. The summed E-state index contributed by atoms with van der Waals surface area (Å²) in [5.41, 5.74) is -2.30. The van der Waals surface area contributed by atoms with E-state index >= 15 is 8.78 Å². The number of nitrogens with zero attached hydrogens (tertiary/aromatic N) is 3. The molecule has 3 aliphatic heterocycles. The Bertz CT molecular complexity index is 2020. The Balaban J connectivity index is 1.17. The van der Waals surface area contributed by atoms with Crippen molar-refractivity contribution in [2.45, 2.75) is 112 Å². The Morgan fingerprint density at radius 2 is 1.65 bits per heavy atom. The third-order valence-corrected chi connectivity index (χ3v) is 13.9. The maximum Gasteiger partial charge on any atom is 0.407 e. The second-order valence-electron chi connectivity index (χ2n) is 16.3. The number of carbonyl (C=O) groups excluding carboxylic acids is 4. The minimum atomic E-state index is -3.93. The Kier molecular flexibility index (Phi) is 9.73.